The summed E-state index contributed by atoms with van der Waals surface area (Å²) in [5.74, 6) is 0. The highest BCUT2D eigenvalue weighted by Crippen LogP contribution is 2.26. The molecule has 0 atom stereocenters. The van der Waals surface area contributed by atoms with E-state index in [1.165, 1.54) is 4.68 Å². The quantitative estimate of drug-likeness (QED) is 0.536. The van der Waals surface area contributed by atoms with E-state index >= 15 is 0 Å². The molecule has 122 valence electrons. The summed E-state index contributed by atoms with van der Waals surface area (Å²) in [6.45, 7) is 0.429. The molecule has 1 aromatic heterocycles. The van der Waals surface area contributed by atoms with Gasteiger partial charge >= 0.3 is 0 Å². The van der Waals surface area contributed by atoms with Crippen molar-refractivity contribution in [1.29, 1.82) is 0 Å². The van der Waals surface area contributed by atoms with E-state index in [1.54, 1.807) is 0 Å². The molecule has 0 radical (unpaired) electrons. The highest BCUT2D eigenvalue weighted by molar-refractivity contribution is 6.30. The first-order valence-corrected chi connectivity index (χ1v) is 8.40. The minimum absolute atomic E-state index is 0.0924. The lowest BCUT2D eigenvalue weighted by molar-refractivity contribution is 0.651. The van der Waals surface area contributed by atoms with Crippen molar-refractivity contribution in [3.63, 3.8) is 0 Å². The first-order chi connectivity index (χ1) is 12.2. The Labute approximate surface area is 150 Å². The number of rotatable bonds is 3. The molecule has 4 heteroatoms. The first-order valence-electron chi connectivity index (χ1n) is 8.02. The van der Waals surface area contributed by atoms with Crippen LogP contribution in [0.4, 0.5) is 0 Å². The van der Waals surface area contributed by atoms with Gasteiger partial charge < -0.3 is 0 Å². The molecule has 0 N–H and O–H groups in total. The molecule has 0 unspecified atom stereocenters. The molecule has 0 spiro atoms. The summed E-state index contributed by atoms with van der Waals surface area (Å²) >= 11 is 6.15. The van der Waals surface area contributed by atoms with Gasteiger partial charge in [0.15, 0.2) is 0 Å². The zero-order chi connectivity index (χ0) is 17.2. The van der Waals surface area contributed by atoms with Crippen molar-refractivity contribution >= 4 is 22.4 Å². The van der Waals surface area contributed by atoms with Crippen LogP contribution in [0.1, 0.15) is 5.56 Å². The molecule has 1 heterocycles. The van der Waals surface area contributed by atoms with Crippen molar-refractivity contribution in [2.75, 3.05) is 0 Å². The summed E-state index contributed by atoms with van der Waals surface area (Å²) in [5.41, 5.74) is 2.59. The van der Waals surface area contributed by atoms with Crippen LogP contribution in [-0.4, -0.2) is 9.78 Å². The fourth-order valence-electron chi connectivity index (χ4n) is 2.95. The van der Waals surface area contributed by atoms with E-state index in [4.69, 9.17) is 11.6 Å². The lowest BCUT2D eigenvalue weighted by Crippen LogP contribution is -2.24. The molecule has 4 rings (SSSR count). The zero-order valence-electron chi connectivity index (χ0n) is 13.4. The second kappa shape index (κ2) is 6.54. The molecule has 0 bridgehead atoms. The topological polar surface area (TPSA) is 34.9 Å². The lowest BCUT2D eigenvalue weighted by Gasteiger charge is -2.11. The summed E-state index contributed by atoms with van der Waals surface area (Å²) < 4.78 is 1.52. The summed E-state index contributed by atoms with van der Waals surface area (Å²) in [4.78, 5) is 12.9. The number of aromatic nitrogens is 2. The zero-order valence-corrected chi connectivity index (χ0v) is 14.1. The number of halogens is 1. The SMILES string of the molecule is O=c1c2ccccc2c(-c2cccc(Cl)c2)nn1Cc1ccccc1. The summed E-state index contributed by atoms with van der Waals surface area (Å²) in [5, 5.41) is 6.78. The van der Waals surface area contributed by atoms with Gasteiger partial charge in [0.1, 0.15) is 0 Å². The van der Waals surface area contributed by atoms with Crippen molar-refractivity contribution in [1.82, 2.24) is 9.78 Å². The van der Waals surface area contributed by atoms with Crippen LogP contribution in [0.2, 0.25) is 5.02 Å². The van der Waals surface area contributed by atoms with Crippen LogP contribution in [-0.2, 0) is 6.54 Å². The predicted molar refractivity (Wildman–Crippen MR) is 102 cm³/mol. The largest absolute Gasteiger partial charge is 0.274 e. The third-order valence-electron chi connectivity index (χ3n) is 4.14. The Morgan fingerprint density at radius 2 is 1.56 bits per heavy atom. The Morgan fingerprint density at radius 1 is 0.840 bits per heavy atom. The Balaban J connectivity index is 1.96. The lowest BCUT2D eigenvalue weighted by atomic mass is 10.1. The van der Waals surface area contributed by atoms with Gasteiger partial charge in [0.2, 0.25) is 0 Å². The number of hydrogen-bond donors (Lipinski definition) is 0. The van der Waals surface area contributed by atoms with E-state index in [-0.39, 0.29) is 5.56 Å². The molecule has 3 aromatic carbocycles. The predicted octanol–water partition coefficient (Wildman–Crippen LogP) is 4.77. The molecular weight excluding hydrogens is 332 g/mol. The fourth-order valence-corrected chi connectivity index (χ4v) is 3.14. The van der Waals surface area contributed by atoms with Gasteiger partial charge in [-0.1, -0.05) is 72.3 Å². The van der Waals surface area contributed by atoms with Gasteiger partial charge in [0, 0.05) is 16.0 Å². The van der Waals surface area contributed by atoms with Gasteiger partial charge in [0.25, 0.3) is 5.56 Å². The van der Waals surface area contributed by atoms with Gasteiger partial charge in [-0.25, -0.2) is 4.68 Å². The van der Waals surface area contributed by atoms with Crippen molar-refractivity contribution < 1.29 is 0 Å². The van der Waals surface area contributed by atoms with Crippen LogP contribution >= 0.6 is 11.6 Å². The average Bonchev–Trinajstić information content (AvgIpc) is 2.65. The van der Waals surface area contributed by atoms with Crippen LogP contribution in [0.15, 0.2) is 83.7 Å². The number of benzene rings is 3. The van der Waals surface area contributed by atoms with Gasteiger partial charge in [-0.2, -0.15) is 5.10 Å². The summed E-state index contributed by atoms with van der Waals surface area (Å²) in [7, 11) is 0. The van der Waals surface area contributed by atoms with Crippen molar-refractivity contribution in [3.05, 3.63) is 99.8 Å². The maximum absolute atomic E-state index is 12.9. The van der Waals surface area contributed by atoms with Crippen molar-refractivity contribution in [2.45, 2.75) is 6.54 Å². The normalized spacial score (nSPS) is 10.9. The first kappa shape index (κ1) is 15.6. The number of nitrogens with zero attached hydrogens (tertiary/aromatic N) is 2. The van der Waals surface area contributed by atoms with Crippen LogP contribution in [0.25, 0.3) is 22.0 Å². The van der Waals surface area contributed by atoms with Crippen LogP contribution in [0.5, 0.6) is 0 Å². The Morgan fingerprint density at radius 3 is 2.32 bits per heavy atom. The van der Waals surface area contributed by atoms with Gasteiger partial charge in [-0.05, 0) is 23.8 Å². The molecule has 3 nitrogen and oxygen atoms in total. The highest BCUT2D eigenvalue weighted by Gasteiger charge is 2.12. The van der Waals surface area contributed by atoms with Crippen LogP contribution in [0.3, 0.4) is 0 Å². The molecular formula is C21H15ClN2O. The minimum atomic E-state index is -0.0924. The molecule has 4 aromatic rings. The molecule has 0 saturated carbocycles. The molecule has 25 heavy (non-hydrogen) atoms. The summed E-state index contributed by atoms with van der Waals surface area (Å²) in [6.07, 6.45) is 0. The van der Waals surface area contributed by atoms with Crippen LogP contribution < -0.4 is 5.56 Å². The maximum atomic E-state index is 12.9. The Bertz CT molecular complexity index is 1100. The summed E-state index contributed by atoms with van der Waals surface area (Å²) in [6, 6.07) is 24.9. The second-order valence-electron chi connectivity index (χ2n) is 5.85. The smallest absolute Gasteiger partial charge is 0.267 e. The second-order valence-corrected chi connectivity index (χ2v) is 6.29. The van der Waals surface area contributed by atoms with Crippen LogP contribution in [0, 0.1) is 0 Å². The number of fused-ring (bicyclic) bond motifs is 1. The van der Waals surface area contributed by atoms with Gasteiger partial charge in [-0.3, -0.25) is 4.79 Å². The maximum Gasteiger partial charge on any atom is 0.274 e. The number of hydrogen-bond acceptors (Lipinski definition) is 2. The molecule has 0 aliphatic rings. The molecule has 0 saturated heterocycles. The Hall–Kier alpha value is -2.91. The van der Waals surface area contributed by atoms with Crippen molar-refractivity contribution in [3.8, 4) is 11.3 Å². The molecule has 0 amide bonds. The molecule has 0 aliphatic heterocycles. The molecule has 0 fully saturated rings. The van der Waals surface area contributed by atoms with E-state index in [2.05, 4.69) is 5.10 Å². The van der Waals surface area contributed by atoms with E-state index in [0.717, 1.165) is 22.2 Å². The minimum Gasteiger partial charge on any atom is -0.267 e. The van der Waals surface area contributed by atoms with Gasteiger partial charge in [-0.15, -0.1) is 0 Å². The highest BCUT2D eigenvalue weighted by atomic mass is 35.5. The standard InChI is InChI=1S/C21H15ClN2O/c22-17-10-6-9-16(13-17)20-18-11-4-5-12-19(18)21(25)24(23-20)14-15-7-2-1-3-8-15/h1-13H,14H2. The Kier molecular flexibility index (Phi) is 4.08. The van der Waals surface area contributed by atoms with Crippen molar-refractivity contribution in [2.24, 2.45) is 0 Å². The van der Waals surface area contributed by atoms with Gasteiger partial charge in [0.05, 0.1) is 17.6 Å². The third kappa shape index (κ3) is 3.06. The van der Waals surface area contributed by atoms with E-state index < -0.39 is 0 Å². The van der Waals surface area contributed by atoms with E-state index in [0.29, 0.717) is 17.0 Å². The van der Waals surface area contributed by atoms with E-state index in [9.17, 15) is 4.79 Å². The molecule has 0 aliphatic carbocycles. The average molecular weight is 347 g/mol. The third-order valence-corrected chi connectivity index (χ3v) is 4.38. The fraction of sp³-hybridized carbons (Fsp3) is 0.0476. The van der Waals surface area contributed by atoms with E-state index in [1.807, 2.05) is 78.9 Å². The monoisotopic (exact) mass is 346 g/mol.